The highest BCUT2D eigenvalue weighted by Crippen LogP contribution is 2.27. The molecule has 3 heterocycles. The van der Waals surface area contributed by atoms with E-state index in [9.17, 15) is 0 Å². The van der Waals surface area contributed by atoms with Gasteiger partial charge in [-0.3, -0.25) is 0 Å². The van der Waals surface area contributed by atoms with Gasteiger partial charge in [0.15, 0.2) is 0 Å². The number of hydrogen-bond acceptors (Lipinski definition) is 3. The molecule has 1 aliphatic rings. The van der Waals surface area contributed by atoms with Crippen molar-refractivity contribution in [2.45, 2.75) is 86.6 Å². The van der Waals surface area contributed by atoms with Crippen molar-refractivity contribution in [1.82, 2.24) is 25.1 Å². The van der Waals surface area contributed by atoms with Crippen LogP contribution in [-0.4, -0.2) is 52.0 Å². The van der Waals surface area contributed by atoms with Crippen molar-refractivity contribution in [3.63, 3.8) is 0 Å². The number of aryl methyl sites for hydroxylation is 3. The molecule has 216 valence electrons. The molecule has 0 bridgehead atoms. The third-order valence-electron chi connectivity index (χ3n) is 8.33. The van der Waals surface area contributed by atoms with Crippen LogP contribution in [0.4, 0.5) is 0 Å². The van der Waals surface area contributed by atoms with E-state index in [-0.39, 0.29) is 0 Å². The zero-order chi connectivity index (χ0) is 29.0. The summed E-state index contributed by atoms with van der Waals surface area (Å²) >= 11 is 0. The van der Waals surface area contributed by atoms with Crippen molar-refractivity contribution in [3.8, 4) is 0 Å². The molecule has 3 aromatic rings. The van der Waals surface area contributed by atoms with Gasteiger partial charge < -0.3 is 25.1 Å². The fraction of sp³-hybridized carbons (Fsp3) is 0.486. The summed E-state index contributed by atoms with van der Waals surface area (Å²) in [6.07, 6.45) is 10.4. The van der Waals surface area contributed by atoms with E-state index in [1.165, 1.54) is 51.8 Å². The fourth-order valence-electron chi connectivity index (χ4n) is 6.50. The molecule has 1 aliphatic heterocycles. The van der Waals surface area contributed by atoms with Crippen molar-refractivity contribution in [2.24, 2.45) is 0 Å². The average molecular weight is 542 g/mol. The van der Waals surface area contributed by atoms with Crippen molar-refractivity contribution < 1.29 is 0 Å². The van der Waals surface area contributed by atoms with Gasteiger partial charge in [0.1, 0.15) is 0 Å². The molecule has 0 spiro atoms. The third-order valence-corrected chi connectivity index (χ3v) is 8.33. The van der Waals surface area contributed by atoms with E-state index in [4.69, 9.17) is 0 Å². The van der Waals surface area contributed by atoms with Gasteiger partial charge in [-0.05, 0) is 89.1 Å². The first-order chi connectivity index (χ1) is 19.2. The van der Waals surface area contributed by atoms with Crippen molar-refractivity contribution in [1.29, 1.82) is 0 Å². The molecule has 0 saturated carbocycles. The van der Waals surface area contributed by atoms with Crippen LogP contribution in [-0.2, 0) is 0 Å². The molecule has 0 unspecified atom stereocenters. The minimum Gasteiger partial charge on any atom is -0.382 e. The van der Waals surface area contributed by atoms with Crippen LogP contribution in [0.3, 0.4) is 0 Å². The number of allylic oxidation sites excluding steroid dienone is 1. The number of nitrogens with zero attached hydrogens (tertiary/aromatic N) is 2. The summed E-state index contributed by atoms with van der Waals surface area (Å²) in [5.41, 5.74) is 9.42. The lowest BCUT2D eigenvalue weighted by Gasteiger charge is -2.40. The minimum absolute atomic E-state index is 0.435. The van der Waals surface area contributed by atoms with Crippen LogP contribution in [0.15, 0.2) is 30.6 Å². The predicted molar refractivity (Wildman–Crippen MR) is 174 cm³/mol. The van der Waals surface area contributed by atoms with Crippen LogP contribution in [0.2, 0.25) is 0 Å². The number of benzene rings is 1. The molecule has 0 aliphatic carbocycles. The lowest BCUT2D eigenvalue weighted by Crippen LogP contribution is -2.45. The van der Waals surface area contributed by atoms with E-state index in [1.807, 2.05) is 0 Å². The molecule has 40 heavy (non-hydrogen) atoms. The van der Waals surface area contributed by atoms with Gasteiger partial charge in [0.25, 0.3) is 0 Å². The molecule has 4 rings (SSSR count). The molecule has 1 saturated heterocycles. The second kappa shape index (κ2) is 12.9. The molecule has 3 N–H and O–H groups in total. The summed E-state index contributed by atoms with van der Waals surface area (Å²) in [4.78, 5) is 12.3. The van der Waals surface area contributed by atoms with Crippen molar-refractivity contribution >= 4 is 29.3 Å². The summed E-state index contributed by atoms with van der Waals surface area (Å²) in [5.74, 6) is 1.44. The number of H-pyrrole nitrogens is 2. The van der Waals surface area contributed by atoms with Gasteiger partial charge in [0, 0.05) is 76.3 Å². The zero-order valence-electron chi connectivity index (χ0n) is 26.1. The molecule has 0 radical (unpaired) electrons. The Bertz CT molecular complexity index is 1470. The molecule has 0 atom stereocenters. The first kappa shape index (κ1) is 29.6. The number of rotatable bonds is 11. The quantitative estimate of drug-likeness (QED) is 0.265. The number of fused-ring (bicyclic) bond motifs is 1. The smallest absolute Gasteiger partial charge is 0.0997 e. The summed E-state index contributed by atoms with van der Waals surface area (Å²) in [5, 5.41) is 7.14. The fourth-order valence-corrected chi connectivity index (χ4v) is 6.50. The molecular weight excluding hydrogens is 490 g/mol. The maximum atomic E-state index is 4.51. The van der Waals surface area contributed by atoms with Crippen LogP contribution in [0, 0.1) is 27.7 Å². The van der Waals surface area contributed by atoms with Gasteiger partial charge in [0.05, 0.1) is 5.82 Å². The number of hydrogen-bond donors (Lipinski definition) is 3. The maximum Gasteiger partial charge on any atom is 0.0997 e. The lowest BCUT2D eigenvalue weighted by molar-refractivity contribution is 0.170. The van der Waals surface area contributed by atoms with Gasteiger partial charge in [-0.25, -0.2) is 0 Å². The van der Waals surface area contributed by atoms with E-state index < -0.39 is 0 Å². The van der Waals surface area contributed by atoms with E-state index in [1.54, 1.807) is 0 Å². The Labute approximate surface area is 241 Å². The molecule has 5 heteroatoms. The largest absolute Gasteiger partial charge is 0.382 e. The van der Waals surface area contributed by atoms with E-state index >= 15 is 0 Å². The van der Waals surface area contributed by atoms with Gasteiger partial charge >= 0.3 is 0 Å². The van der Waals surface area contributed by atoms with Crippen LogP contribution in [0.25, 0.3) is 29.3 Å². The Morgan fingerprint density at radius 1 is 1.05 bits per heavy atom. The van der Waals surface area contributed by atoms with Gasteiger partial charge in [-0.15, -0.1) is 0 Å². The Kier molecular flexibility index (Phi) is 9.55. The predicted octanol–water partition coefficient (Wildman–Crippen LogP) is 6.37. The number of aromatic amines is 2. The number of nitrogens with one attached hydrogen (secondary N) is 3. The summed E-state index contributed by atoms with van der Waals surface area (Å²) in [6, 6.07) is 4.91. The van der Waals surface area contributed by atoms with Crippen LogP contribution in [0.5, 0.6) is 0 Å². The lowest BCUT2D eigenvalue weighted by atomic mass is 10.0. The van der Waals surface area contributed by atoms with Crippen molar-refractivity contribution in [3.05, 3.63) is 74.8 Å². The Morgan fingerprint density at radius 2 is 1.73 bits per heavy atom. The number of likely N-dealkylation sites (tertiary alicyclic amines) is 1. The highest BCUT2D eigenvalue weighted by atomic mass is 15.3. The summed E-state index contributed by atoms with van der Waals surface area (Å²) in [7, 11) is 0. The average Bonchev–Trinajstić information content (AvgIpc) is 3.38. The normalized spacial score (nSPS) is 15.3. The van der Waals surface area contributed by atoms with Gasteiger partial charge in [-0.1, -0.05) is 45.6 Å². The summed E-state index contributed by atoms with van der Waals surface area (Å²) < 4.78 is 0. The topological polar surface area (TPSA) is 50.1 Å². The highest BCUT2D eigenvalue weighted by Gasteiger charge is 2.24. The molecule has 1 fully saturated rings. The SMILES string of the molecule is C=C(NC1CCN(C(=CCC)N(CCC)CCC)CC1)c1c(C)[nH]c(/C=c2\c(=C)[nH]c3c(C)cc(C)cc23)c1C. The molecule has 1 aromatic carbocycles. The van der Waals surface area contributed by atoms with Crippen LogP contribution < -0.4 is 15.9 Å². The number of piperidine rings is 1. The zero-order valence-corrected chi connectivity index (χ0v) is 26.1. The standard InChI is InChI=1S/C35H51N5/c1-10-13-33(39(16-11-2)17-12-3)40-18-14-29(15-19-40)36-27(8)34-25(6)32(37-28(34)9)22-30-26(7)38-35-24(5)20-23(4)21-31(30)35/h13,20-22,29,36-38H,7-8,10-12,14-19H2,1-6,9H3/b30-22+,33-13?. The van der Waals surface area contributed by atoms with Crippen LogP contribution >= 0.6 is 0 Å². The Balaban J connectivity index is 1.50. The highest BCUT2D eigenvalue weighted by molar-refractivity contribution is 5.86. The summed E-state index contributed by atoms with van der Waals surface area (Å²) in [6.45, 7) is 28.7. The second-order valence-electron chi connectivity index (χ2n) is 11.7. The van der Waals surface area contributed by atoms with Crippen LogP contribution in [0.1, 0.15) is 86.5 Å². The monoisotopic (exact) mass is 541 g/mol. The van der Waals surface area contributed by atoms with E-state index in [0.29, 0.717) is 6.04 Å². The Morgan fingerprint density at radius 3 is 2.35 bits per heavy atom. The first-order valence-electron chi connectivity index (χ1n) is 15.3. The van der Waals surface area contributed by atoms with Gasteiger partial charge in [0.2, 0.25) is 0 Å². The van der Waals surface area contributed by atoms with E-state index in [0.717, 1.165) is 73.1 Å². The molecular formula is C35H51N5. The van der Waals surface area contributed by atoms with Gasteiger partial charge in [-0.2, -0.15) is 0 Å². The Hall–Kier alpha value is -3.34. The third kappa shape index (κ3) is 6.19. The maximum absolute atomic E-state index is 4.51. The second-order valence-corrected chi connectivity index (χ2v) is 11.7. The molecule has 2 aromatic heterocycles. The molecule has 5 nitrogen and oxygen atoms in total. The minimum atomic E-state index is 0.435. The van der Waals surface area contributed by atoms with E-state index in [2.05, 4.69) is 111 Å². The first-order valence-corrected chi connectivity index (χ1v) is 15.3. The van der Waals surface area contributed by atoms with Crippen molar-refractivity contribution in [2.75, 3.05) is 26.2 Å². The number of aromatic nitrogens is 2. The molecule has 0 amide bonds.